The number of rotatable bonds is 6. The largest absolute Gasteiger partial charge is 0.378 e. The van der Waals surface area contributed by atoms with E-state index in [2.05, 4.69) is 22.4 Å². The third-order valence-electron chi connectivity index (χ3n) is 5.49. The Hall–Kier alpha value is -2.33. The molecule has 2 aliphatic heterocycles. The highest BCUT2D eigenvalue weighted by atomic mass is 32.1. The van der Waals surface area contributed by atoms with Gasteiger partial charge in [-0.1, -0.05) is 30.3 Å². The molecule has 1 unspecified atom stereocenters. The minimum absolute atomic E-state index is 0.0358. The van der Waals surface area contributed by atoms with Crippen LogP contribution in [0.1, 0.15) is 17.4 Å². The summed E-state index contributed by atoms with van der Waals surface area (Å²) in [5.74, 6) is -0.171. The number of morpholine rings is 2. The Morgan fingerprint density at radius 3 is 2.71 bits per heavy atom. The Kier molecular flexibility index (Phi) is 6.96. The number of carbonyl (C=O) groups excluding carboxylic acids is 2. The number of thiazole rings is 1. The number of anilines is 1. The van der Waals surface area contributed by atoms with Crippen molar-refractivity contribution in [2.75, 3.05) is 57.9 Å². The van der Waals surface area contributed by atoms with E-state index in [0.717, 1.165) is 11.3 Å². The molecule has 3 heterocycles. The maximum Gasteiger partial charge on any atom is 0.256 e. The predicted molar refractivity (Wildman–Crippen MR) is 118 cm³/mol. The molecule has 0 spiro atoms. The topological polar surface area (TPSA) is 84.0 Å². The first-order chi connectivity index (χ1) is 15.0. The zero-order valence-corrected chi connectivity index (χ0v) is 18.5. The lowest BCUT2D eigenvalue weighted by Gasteiger charge is -2.42. The number of aromatic nitrogens is 1. The number of ether oxygens (including phenoxy) is 2. The first kappa shape index (κ1) is 21.9. The lowest BCUT2D eigenvalue weighted by Crippen LogP contribution is -2.61. The first-order valence-electron chi connectivity index (χ1n) is 10.5. The highest BCUT2D eigenvalue weighted by molar-refractivity contribution is 7.15. The van der Waals surface area contributed by atoms with Crippen molar-refractivity contribution < 1.29 is 19.1 Å². The molecule has 2 amide bonds. The molecule has 1 atom stereocenters. The molecule has 2 fully saturated rings. The molecule has 1 aromatic carbocycles. The lowest BCUT2D eigenvalue weighted by atomic mass is 10.0. The van der Waals surface area contributed by atoms with Gasteiger partial charge < -0.3 is 19.7 Å². The number of nitrogens with one attached hydrogen (secondary N) is 1. The van der Waals surface area contributed by atoms with E-state index in [1.807, 2.05) is 30.0 Å². The zero-order valence-electron chi connectivity index (χ0n) is 17.7. The van der Waals surface area contributed by atoms with Gasteiger partial charge in [-0.05, 0) is 12.5 Å². The number of carbonyl (C=O) groups is 2. The number of benzene rings is 1. The molecule has 31 heavy (non-hydrogen) atoms. The minimum Gasteiger partial charge on any atom is -0.378 e. The zero-order chi connectivity index (χ0) is 21.7. The van der Waals surface area contributed by atoms with E-state index in [1.165, 1.54) is 16.9 Å². The molecule has 166 valence electrons. The molecule has 9 heteroatoms. The number of hydrogen-bond donors (Lipinski definition) is 1. The van der Waals surface area contributed by atoms with Gasteiger partial charge in [0.1, 0.15) is 0 Å². The third-order valence-corrected chi connectivity index (χ3v) is 6.41. The van der Waals surface area contributed by atoms with Crippen LogP contribution in [0.2, 0.25) is 0 Å². The molecule has 1 N–H and O–H groups in total. The first-order valence-corrected chi connectivity index (χ1v) is 11.4. The molecular weight excluding hydrogens is 416 g/mol. The van der Waals surface area contributed by atoms with Crippen LogP contribution < -0.4 is 5.32 Å². The summed E-state index contributed by atoms with van der Waals surface area (Å²) in [6.07, 6.45) is 2.60. The summed E-state index contributed by atoms with van der Waals surface area (Å²) >= 11 is 1.48. The maximum absolute atomic E-state index is 13.0. The van der Waals surface area contributed by atoms with E-state index in [0.29, 0.717) is 51.1 Å². The van der Waals surface area contributed by atoms with Gasteiger partial charge in [0.05, 0.1) is 26.4 Å². The van der Waals surface area contributed by atoms with Gasteiger partial charge in [-0.15, -0.1) is 11.3 Å². The van der Waals surface area contributed by atoms with Crippen LogP contribution >= 0.6 is 11.3 Å². The van der Waals surface area contributed by atoms with Crippen molar-refractivity contribution in [2.24, 2.45) is 0 Å². The second kappa shape index (κ2) is 9.86. The van der Waals surface area contributed by atoms with Crippen molar-refractivity contribution in [1.82, 2.24) is 14.8 Å². The number of hydrogen-bond acceptors (Lipinski definition) is 7. The van der Waals surface area contributed by atoms with Crippen molar-refractivity contribution in [1.29, 1.82) is 0 Å². The van der Waals surface area contributed by atoms with Gasteiger partial charge in [0.2, 0.25) is 5.91 Å². The monoisotopic (exact) mass is 444 g/mol. The molecule has 0 aliphatic carbocycles. The fraction of sp³-hybridized carbons (Fsp3) is 0.500. The standard InChI is InChI=1S/C22H28N4O4S/c1-22(20(28)26-8-10-29-11-9-26)16-25(7-12-30-22)15-19(27)24-21-23-14-18(31-21)13-17-5-3-2-4-6-17/h2-6,14H,7-13,15-16H2,1H3,(H,23,24,27). The summed E-state index contributed by atoms with van der Waals surface area (Å²) in [7, 11) is 0. The molecule has 1 aromatic heterocycles. The minimum atomic E-state index is -0.945. The van der Waals surface area contributed by atoms with E-state index >= 15 is 0 Å². The predicted octanol–water partition coefficient (Wildman–Crippen LogP) is 1.62. The molecule has 0 bridgehead atoms. The highest BCUT2D eigenvalue weighted by Gasteiger charge is 2.42. The van der Waals surface area contributed by atoms with E-state index in [9.17, 15) is 9.59 Å². The summed E-state index contributed by atoms with van der Waals surface area (Å²) in [5.41, 5.74) is 0.265. The van der Waals surface area contributed by atoms with Crippen molar-refractivity contribution in [3.63, 3.8) is 0 Å². The summed E-state index contributed by atoms with van der Waals surface area (Å²) in [6, 6.07) is 10.2. The fourth-order valence-corrected chi connectivity index (χ4v) is 4.79. The SMILES string of the molecule is CC1(C(=O)N2CCOCC2)CN(CC(=O)Nc2ncc(Cc3ccccc3)s2)CCO1. The van der Waals surface area contributed by atoms with Crippen molar-refractivity contribution in [3.05, 3.63) is 47.0 Å². The van der Waals surface area contributed by atoms with E-state index in [4.69, 9.17) is 9.47 Å². The average Bonchev–Trinajstić information content (AvgIpc) is 3.21. The number of nitrogens with zero attached hydrogens (tertiary/aromatic N) is 3. The van der Waals surface area contributed by atoms with Crippen LogP contribution in [-0.4, -0.2) is 84.7 Å². The second-order valence-electron chi connectivity index (χ2n) is 8.04. The van der Waals surface area contributed by atoms with Gasteiger partial charge >= 0.3 is 0 Å². The summed E-state index contributed by atoms with van der Waals surface area (Å²) in [5, 5.41) is 3.48. The normalized spacial score (nSPS) is 22.3. The van der Waals surface area contributed by atoms with Gasteiger partial charge in [-0.3, -0.25) is 14.5 Å². The van der Waals surface area contributed by atoms with Gasteiger partial charge in [0.15, 0.2) is 10.7 Å². The van der Waals surface area contributed by atoms with Gasteiger partial charge in [-0.25, -0.2) is 4.98 Å². The van der Waals surface area contributed by atoms with Crippen LogP contribution in [0.4, 0.5) is 5.13 Å². The molecule has 2 aromatic rings. The van der Waals surface area contributed by atoms with Crippen LogP contribution in [0.3, 0.4) is 0 Å². The van der Waals surface area contributed by atoms with Crippen LogP contribution in [0.5, 0.6) is 0 Å². The molecule has 0 saturated carbocycles. The van der Waals surface area contributed by atoms with Gasteiger partial charge in [-0.2, -0.15) is 0 Å². The molecular formula is C22H28N4O4S. The quantitative estimate of drug-likeness (QED) is 0.729. The summed E-state index contributed by atoms with van der Waals surface area (Å²) in [4.78, 5) is 34.7. The summed E-state index contributed by atoms with van der Waals surface area (Å²) in [6.45, 7) is 5.67. The van der Waals surface area contributed by atoms with Crippen molar-refractivity contribution >= 4 is 28.3 Å². The Balaban J connectivity index is 1.30. The molecule has 2 aliphatic rings. The lowest BCUT2D eigenvalue weighted by molar-refractivity contribution is -0.171. The van der Waals surface area contributed by atoms with E-state index in [-0.39, 0.29) is 18.4 Å². The number of amides is 2. The highest BCUT2D eigenvalue weighted by Crippen LogP contribution is 2.23. The average molecular weight is 445 g/mol. The molecule has 0 radical (unpaired) electrons. The third kappa shape index (κ3) is 5.68. The molecule has 8 nitrogen and oxygen atoms in total. The Morgan fingerprint density at radius 2 is 1.94 bits per heavy atom. The van der Waals surface area contributed by atoms with Crippen LogP contribution in [0.25, 0.3) is 0 Å². The van der Waals surface area contributed by atoms with E-state index < -0.39 is 5.60 Å². The van der Waals surface area contributed by atoms with Gasteiger partial charge in [0, 0.05) is 43.7 Å². The Labute approximate surface area is 186 Å². The van der Waals surface area contributed by atoms with Crippen molar-refractivity contribution in [3.8, 4) is 0 Å². The van der Waals surface area contributed by atoms with Crippen LogP contribution in [-0.2, 0) is 25.5 Å². The van der Waals surface area contributed by atoms with Crippen molar-refractivity contribution in [2.45, 2.75) is 18.9 Å². The van der Waals surface area contributed by atoms with Gasteiger partial charge in [0.25, 0.3) is 5.91 Å². The maximum atomic E-state index is 13.0. The Bertz CT molecular complexity index is 900. The Morgan fingerprint density at radius 1 is 1.16 bits per heavy atom. The second-order valence-corrected chi connectivity index (χ2v) is 9.15. The smallest absolute Gasteiger partial charge is 0.256 e. The fourth-order valence-electron chi connectivity index (χ4n) is 3.92. The van der Waals surface area contributed by atoms with Crippen LogP contribution in [0, 0.1) is 0 Å². The van der Waals surface area contributed by atoms with Crippen LogP contribution in [0.15, 0.2) is 36.5 Å². The summed E-state index contributed by atoms with van der Waals surface area (Å²) < 4.78 is 11.2. The van der Waals surface area contributed by atoms with E-state index in [1.54, 1.807) is 11.1 Å². The molecule has 4 rings (SSSR count). The molecule has 2 saturated heterocycles.